The second-order valence-electron chi connectivity index (χ2n) is 8.61. The summed E-state index contributed by atoms with van der Waals surface area (Å²) in [5, 5.41) is 3.30. The Morgan fingerprint density at radius 1 is 0.694 bits per heavy atom. The van der Waals surface area contributed by atoms with Gasteiger partial charge in [0.15, 0.2) is 5.58 Å². The maximum Gasteiger partial charge on any atom is 0.223 e. The number of rotatable bonds is 3. The van der Waals surface area contributed by atoms with E-state index in [-0.39, 0.29) is 5.28 Å². The summed E-state index contributed by atoms with van der Waals surface area (Å²) in [5.41, 5.74) is 8.64. The fourth-order valence-corrected chi connectivity index (χ4v) is 5.02. The molecule has 0 N–H and O–H groups in total. The van der Waals surface area contributed by atoms with Gasteiger partial charge < -0.3 is 8.83 Å². The monoisotopic (exact) mass is 487 g/mol. The van der Waals surface area contributed by atoms with E-state index in [1.54, 1.807) is 13.3 Å². The number of fused-ring (bicyclic) bond motifs is 6. The summed E-state index contributed by atoms with van der Waals surface area (Å²) in [4.78, 5) is 12.7. The molecule has 7 aromatic rings. The van der Waals surface area contributed by atoms with E-state index in [9.17, 15) is 0 Å². The van der Waals surface area contributed by atoms with Gasteiger partial charge in [0.1, 0.15) is 28.0 Å². The Bertz CT molecular complexity index is 1970. The topological polar surface area (TPSA) is 64.4 Å². The van der Waals surface area contributed by atoms with Crippen molar-refractivity contribution in [2.45, 2.75) is 0 Å². The zero-order valence-electron chi connectivity index (χ0n) is 19.2. The average Bonchev–Trinajstić information content (AvgIpc) is 3.47. The minimum absolute atomic E-state index is 0.166. The SMILES string of the molecule is C/N=C\c1nc(Cl)nc2c1oc1cc(-c3ccc(-c4cccc5c4oc4ccccc45)cc3)ccc12. The van der Waals surface area contributed by atoms with Gasteiger partial charge in [-0.1, -0.05) is 66.7 Å². The van der Waals surface area contributed by atoms with Crippen LogP contribution < -0.4 is 0 Å². The lowest BCUT2D eigenvalue weighted by atomic mass is 9.98. The van der Waals surface area contributed by atoms with Gasteiger partial charge in [-0.2, -0.15) is 0 Å². The van der Waals surface area contributed by atoms with Crippen LogP contribution in [-0.2, 0) is 0 Å². The van der Waals surface area contributed by atoms with Crippen molar-refractivity contribution in [3.8, 4) is 22.3 Å². The molecule has 3 heterocycles. The van der Waals surface area contributed by atoms with E-state index in [0.717, 1.165) is 55.2 Å². The molecule has 0 aliphatic rings. The average molecular weight is 488 g/mol. The highest BCUT2D eigenvalue weighted by atomic mass is 35.5. The highest BCUT2D eigenvalue weighted by Gasteiger charge is 2.16. The van der Waals surface area contributed by atoms with Crippen LogP contribution >= 0.6 is 11.6 Å². The second-order valence-corrected chi connectivity index (χ2v) is 8.95. The lowest BCUT2D eigenvalue weighted by molar-refractivity contribution is 0.665. The molecule has 0 aliphatic carbocycles. The highest BCUT2D eigenvalue weighted by Crippen LogP contribution is 2.37. The fraction of sp³-hybridized carbons (Fsp3) is 0.0333. The number of hydrogen-bond donors (Lipinski definition) is 0. The van der Waals surface area contributed by atoms with E-state index in [1.807, 2.05) is 30.3 Å². The summed E-state index contributed by atoms with van der Waals surface area (Å²) < 4.78 is 12.4. The minimum atomic E-state index is 0.166. The predicted octanol–water partition coefficient (Wildman–Crippen LogP) is 8.31. The van der Waals surface area contributed by atoms with Gasteiger partial charge in [0.2, 0.25) is 5.28 Å². The zero-order valence-corrected chi connectivity index (χ0v) is 20.0. The third-order valence-electron chi connectivity index (χ3n) is 6.50. The maximum atomic E-state index is 6.22. The number of halogens is 1. The summed E-state index contributed by atoms with van der Waals surface area (Å²) >= 11 is 6.14. The number of nitrogens with zero attached hydrogens (tertiary/aromatic N) is 3. The number of hydrogen-bond acceptors (Lipinski definition) is 5. The van der Waals surface area contributed by atoms with Crippen LogP contribution in [0, 0.1) is 0 Å². The first-order valence-corrected chi connectivity index (χ1v) is 11.9. The molecule has 4 aromatic carbocycles. The van der Waals surface area contributed by atoms with E-state index in [2.05, 4.69) is 69.6 Å². The Hall–Kier alpha value is -4.48. The number of benzene rings is 4. The molecule has 7 rings (SSSR count). The van der Waals surface area contributed by atoms with Gasteiger partial charge in [-0.25, -0.2) is 9.97 Å². The van der Waals surface area contributed by atoms with Gasteiger partial charge >= 0.3 is 0 Å². The molecular formula is C30H18ClN3O2. The van der Waals surface area contributed by atoms with Crippen molar-refractivity contribution < 1.29 is 8.83 Å². The zero-order chi connectivity index (χ0) is 24.2. The molecule has 0 unspecified atom stereocenters. The van der Waals surface area contributed by atoms with Crippen LogP contribution in [-0.4, -0.2) is 23.2 Å². The summed E-state index contributed by atoms with van der Waals surface area (Å²) in [6.07, 6.45) is 1.63. The molecule has 0 radical (unpaired) electrons. The number of aliphatic imine (C=N–C) groups is 1. The summed E-state index contributed by atoms with van der Waals surface area (Å²) in [5.74, 6) is 0. The molecular weight excluding hydrogens is 470 g/mol. The van der Waals surface area contributed by atoms with Crippen molar-refractivity contribution in [3.63, 3.8) is 0 Å². The Kier molecular flexibility index (Phi) is 4.66. The van der Waals surface area contributed by atoms with Crippen LogP contribution in [0.2, 0.25) is 5.28 Å². The first-order chi connectivity index (χ1) is 17.7. The van der Waals surface area contributed by atoms with Gasteiger partial charge in [0, 0.05) is 28.8 Å². The molecule has 0 amide bonds. The standard InChI is InChI=1S/C30H18ClN3O2/c1-32-16-24-29-27(34-30(31)33-24)23-14-13-19(15-26(23)36-29)17-9-11-18(12-10-17)20-6-4-7-22-21-5-2-3-8-25(21)35-28(20)22/h2-16H,1H3/b32-16-. The van der Waals surface area contributed by atoms with E-state index >= 15 is 0 Å². The maximum absolute atomic E-state index is 6.22. The quantitative estimate of drug-likeness (QED) is 0.186. The Balaban J connectivity index is 1.31. The molecule has 0 fully saturated rings. The molecule has 36 heavy (non-hydrogen) atoms. The fourth-order valence-electron chi connectivity index (χ4n) is 4.84. The van der Waals surface area contributed by atoms with Crippen LogP contribution in [0.1, 0.15) is 5.69 Å². The molecule has 5 nitrogen and oxygen atoms in total. The smallest absolute Gasteiger partial charge is 0.223 e. The van der Waals surface area contributed by atoms with Crippen LogP contribution in [0.3, 0.4) is 0 Å². The second kappa shape index (κ2) is 8.04. The molecule has 0 bridgehead atoms. The molecule has 0 aliphatic heterocycles. The van der Waals surface area contributed by atoms with Gasteiger partial charge in [-0.3, -0.25) is 4.99 Å². The van der Waals surface area contributed by atoms with Crippen molar-refractivity contribution in [2.75, 3.05) is 7.05 Å². The van der Waals surface area contributed by atoms with Crippen LogP contribution in [0.4, 0.5) is 0 Å². The summed E-state index contributed by atoms with van der Waals surface area (Å²) in [6.45, 7) is 0. The van der Waals surface area contributed by atoms with Crippen LogP contribution in [0.5, 0.6) is 0 Å². The molecule has 172 valence electrons. The third kappa shape index (κ3) is 3.21. The Labute approximate surface area is 210 Å². The van der Waals surface area contributed by atoms with Gasteiger partial charge in [0.05, 0.1) is 6.21 Å². The van der Waals surface area contributed by atoms with Crippen molar-refractivity contribution in [2.24, 2.45) is 4.99 Å². The van der Waals surface area contributed by atoms with Crippen molar-refractivity contribution in [1.82, 2.24) is 9.97 Å². The molecule has 0 saturated heterocycles. The van der Waals surface area contributed by atoms with Gasteiger partial charge in [0.25, 0.3) is 0 Å². The minimum Gasteiger partial charge on any atom is -0.455 e. The number of para-hydroxylation sites is 2. The Morgan fingerprint density at radius 2 is 1.44 bits per heavy atom. The third-order valence-corrected chi connectivity index (χ3v) is 6.67. The largest absolute Gasteiger partial charge is 0.455 e. The van der Waals surface area contributed by atoms with E-state index in [0.29, 0.717) is 16.8 Å². The summed E-state index contributed by atoms with van der Waals surface area (Å²) in [7, 11) is 1.68. The molecule has 3 aromatic heterocycles. The van der Waals surface area contributed by atoms with E-state index in [1.165, 1.54) is 0 Å². The molecule has 0 saturated carbocycles. The van der Waals surface area contributed by atoms with Crippen molar-refractivity contribution in [1.29, 1.82) is 0 Å². The van der Waals surface area contributed by atoms with Gasteiger partial charge in [-0.15, -0.1) is 0 Å². The van der Waals surface area contributed by atoms with Crippen molar-refractivity contribution in [3.05, 3.63) is 95.9 Å². The lowest BCUT2D eigenvalue weighted by Crippen LogP contribution is -1.91. The predicted molar refractivity (Wildman–Crippen MR) is 146 cm³/mol. The molecule has 0 atom stereocenters. The normalized spacial score (nSPS) is 12.1. The highest BCUT2D eigenvalue weighted by molar-refractivity contribution is 6.29. The number of furan rings is 2. The lowest BCUT2D eigenvalue weighted by Gasteiger charge is -2.06. The van der Waals surface area contributed by atoms with Crippen molar-refractivity contribution >= 4 is 61.8 Å². The van der Waals surface area contributed by atoms with Crippen LogP contribution in [0.15, 0.2) is 98.8 Å². The first kappa shape index (κ1) is 20.9. The molecule has 6 heteroatoms. The first-order valence-electron chi connectivity index (χ1n) is 11.5. The Morgan fingerprint density at radius 3 is 2.31 bits per heavy atom. The van der Waals surface area contributed by atoms with E-state index < -0.39 is 0 Å². The number of aromatic nitrogens is 2. The summed E-state index contributed by atoms with van der Waals surface area (Å²) in [6, 6.07) is 29.0. The van der Waals surface area contributed by atoms with Gasteiger partial charge in [-0.05, 0) is 46.5 Å². The molecule has 0 spiro atoms. The van der Waals surface area contributed by atoms with Crippen LogP contribution in [0.25, 0.3) is 66.3 Å². The van der Waals surface area contributed by atoms with E-state index in [4.69, 9.17) is 20.4 Å².